The number of benzene rings is 1. The Hall–Kier alpha value is -2.21. The van der Waals surface area contributed by atoms with Gasteiger partial charge in [-0.3, -0.25) is 15.5 Å². The lowest BCUT2D eigenvalue weighted by molar-refractivity contribution is -0.384. The third kappa shape index (κ3) is 2.48. The SMILES string of the molecule is Cl.N=C(N)c1ccc2cc([N+](=O)[O-])ccc2n1. The first kappa shape index (κ1) is 12.9. The fourth-order valence-electron chi connectivity index (χ4n) is 1.38. The van der Waals surface area contributed by atoms with Crippen molar-refractivity contribution < 1.29 is 4.92 Å². The van der Waals surface area contributed by atoms with Crippen molar-refractivity contribution in [2.45, 2.75) is 0 Å². The Morgan fingerprint density at radius 2 is 2.06 bits per heavy atom. The lowest BCUT2D eigenvalue weighted by Crippen LogP contribution is -2.12. The highest BCUT2D eigenvalue weighted by atomic mass is 35.5. The summed E-state index contributed by atoms with van der Waals surface area (Å²) in [5.41, 5.74) is 6.26. The molecular formula is C10H9ClN4O2. The Morgan fingerprint density at radius 1 is 1.35 bits per heavy atom. The molecule has 1 aromatic heterocycles. The number of hydrogen-bond acceptors (Lipinski definition) is 4. The lowest BCUT2D eigenvalue weighted by atomic mass is 10.2. The number of aromatic nitrogens is 1. The summed E-state index contributed by atoms with van der Waals surface area (Å²) in [6.07, 6.45) is 0. The van der Waals surface area contributed by atoms with Crippen LogP contribution in [0.1, 0.15) is 5.69 Å². The summed E-state index contributed by atoms with van der Waals surface area (Å²) in [6.45, 7) is 0. The van der Waals surface area contributed by atoms with Crippen LogP contribution in [-0.2, 0) is 0 Å². The highest BCUT2D eigenvalue weighted by Crippen LogP contribution is 2.19. The Balaban J connectivity index is 0.00000144. The number of nitro benzene ring substituents is 1. The van der Waals surface area contributed by atoms with Crippen LogP contribution in [-0.4, -0.2) is 15.7 Å². The van der Waals surface area contributed by atoms with Crippen LogP contribution in [0, 0.1) is 15.5 Å². The standard InChI is InChI=1S/C10H8N4O2.ClH/c11-10(12)9-3-1-6-5-7(14(15)16)2-4-8(6)13-9;/h1-5H,(H3,11,12);1H. The summed E-state index contributed by atoms with van der Waals surface area (Å²) in [6, 6.07) is 7.58. The molecule has 0 radical (unpaired) electrons. The van der Waals surface area contributed by atoms with E-state index in [2.05, 4.69) is 4.98 Å². The number of pyridine rings is 1. The summed E-state index contributed by atoms with van der Waals surface area (Å²) < 4.78 is 0. The molecule has 0 spiro atoms. The highest BCUT2D eigenvalue weighted by molar-refractivity contribution is 5.95. The van der Waals surface area contributed by atoms with Gasteiger partial charge in [-0.25, -0.2) is 4.98 Å². The van der Waals surface area contributed by atoms with E-state index in [9.17, 15) is 10.1 Å². The van der Waals surface area contributed by atoms with Gasteiger partial charge in [-0.1, -0.05) is 6.07 Å². The number of nitro groups is 1. The van der Waals surface area contributed by atoms with Crippen LogP contribution in [0.15, 0.2) is 30.3 Å². The summed E-state index contributed by atoms with van der Waals surface area (Å²) in [5, 5.41) is 18.4. The second kappa shape index (κ2) is 4.75. The van der Waals surface area contributed by atoms with Crippen molar-refractivity contribution in [3.05, 3.63) is 46.1 Å². The van der Waals surface area contributed by atoms with Gasteiger partial charge in [0.25, 0.3) is 5.69 Å². The maximum atomic E-state index is 10.6. The molecule has 0 bridgehead atoms. The molecule has 1 heterocycles. The number of rotatable bonds is 2. The molecule has 0 atom stereocenters. The molecule has 0 aliphatic rings. The third-order valence-electron chi connectivity index (χ3n) is 2.16. The highest BCUT2D eigenvalue weighted by Gasteiger charge is 2.07. The van der Waals surface area contributed by atoms with Crippen LogP contribution in [0.3, 0.4) is 0 Å². The topological polar surface area (TPSA) is 106 Å². The van der Waals surface area contributed by atoms with E-state index in [1.807, 2.05) is 0 Å². The van der Waals surface area contributed by atoms with Crippen LogP contribution in [0.4, 0.5) is 5.69 Å². The van der Waals surface area contributed by atoms with E-state index >= 15 is 0 Å². The Labute approximate surface area is 103 Å². The molecule has 0 aliphatic heterocycles. The van der Waals surface area contributed by atoms with Crippen molar-refractivity contribution in [3.8, 4) is 0 Å². The van der Waals surface area contributed by atoms with E-state index in [-0.39, 0.29) is 23.9 Å². The number of nitrogen functional groups attached to an aromatic ring is 1. The molecule has 2 rings (SSSR count). The molecule has 1 aromatic carbocycles. The van der Waals surface area contributed by atoms with Crippen LogP contribution in [0.25, 0.3) is 10.9 Å². The Kier molecular flexibility index (Phi) is 3.59. The molecule has 2 aromatic rings. The number of nitrogens with zero attached hydrogens (tertiary/aromatic N) is 2. The molecular weight excluding hydrogens is 244 g/mol. The van der Waals surface area contributed by atoms with E-state index in [1.165, 1.54) is 12.1 Å². The maximum Gasteiger partial charge on any atom is 0.270 e. The summed E-state index contributed by atoms with van der Waals surface area (Å²) in [5.74, 6) is -0.125. The minimum Gasteiger partial charge on any atom is -0.382 e. The summed E-state index contributed by atoms with van der Waals surface area (Å²) >= 11 is 0. The molecule has 0 saturated heterocycles. The van der Waals surface area contributed by atoms with Crippen molar-refractivity contribution in [1.82, 2.24) is 4.98 Å². The summed E-state index contributed by atoms with van der Waals surface area (Å²) in [4.78, 5) is 14.2. The van der Waals surface area contributed by atoms with Gasteiger partial charge in [0.05, 0.1) is 10.4 Å². The predicted octanol–water partition coefficient (Wildman–Crippen LogP) is 1.85. The van der Waals surface area contributed by atoms with Crippen LogP contribution >= 0.6 is 12.4 Å². The van der Waals surface area contributed by atoms with Crippen molar-refractivity contribution in [1.29, 1.82) is 5.41 Å². The molecule has 0 saturated carbocycles. The number of hydrogen-bond donors (Lipinski definition) is 2. The van der Waals surface area contributed by atoms with Crippen LogP contribution < -0.4 is 5.73 Å². The van der Waals surface area contributed by atoms with Gasteiger partial charge in [-0.05, 0) is 12.1 Å². The zero-order chi connectivity index (χ0) is 11.7. The van der Waals surface area contributed by atoms with Gasteiger partial charge in [0.1, 0.15) is 11.5 Å². The van der Waals surface area contributed by atoms with Crippen molar-refractivity contribution in [3.63, 3.8) is 0 Å². The number of amidine groups is 1. The molecule has 0 fully saturated rings. The first-order chi connectivity index (χ1) is 7.58. The van der Waals surface area contributed by atoms with Gasteiger partial charge in [0.2, 0.25) is 0 Å². The van der Waals surface area contributed by atoms with Gasteiger partial charge in [0.15, 0.2) is 0 Å². The second-order valence-electron chi connectivity index (χ2n) is 3.24. The number of nitrogens with one attached hydrogen (secondary N) is 1. The molecule has 17 heavy (non-hydrogen) atoms. The number of halogens is 1. The van der Waals surface area contributed by atoms with Gasteiger partial charge in [-0.2, -0.15) is 0 Å². The molecule has 0 amide bonds. The normalized spacial score (nSPS) is 9.65. The Bertz CT molecular complexity index is 547. The molecule has 7 heteroatoms. The third-order valence-corrected chi connectivity index (χ3v) is 2.16. The largest absolute Gasteiger partial charge is 0.382 e. The fourth-order valence-corrected chi connectivity index (χ4v) is 1.38. The van der Waals surface area contributed by atoms with E-state index in [1.54, 1.807) is 18.2 Å². The second-order valence-corrected chi connectivity index (χ2v) is 3.24. The van der Waals surface area contributed by atoms with Crippen molar-refractivity contribution >= 4 is 34.8 Å². The Morgan fingerprint density at radius 3 is 2.65 bits per heavy atom. The van der Waals surface area contributed by atoms with E-state index in [0.717, 1.165) is 0 Å². The van der Waals surface area contributed by atoms with Gasteiger partial charge >= 0.3 is 0 Å². The molecule has 88 valence electrons. The first-order valence-electron chi connectivity index (χ1n) is 4.47. The van der Waals surface area contributed by atoms with E-state index in [0.29, 0.717) is 16.6 Å². The average molecular weight is 253 g/mol. The minimum absolute atomic E-state index is 0. The predicted molar refractivity (Wildman–Crippen MR) is 66.7 cm³/mol. The molecule has 6 nitrogen and oxygen atoms in total. The maximum absolute atomic E-state index is 10.6. The molecule has 0 aliphatic carbocycles. The fraction of sp³-hybridized carbons (Fsp3) is 0. The number of non-ortho nitro benzene ring substituents is 1. The quantitative estimate of drug-likeness (QED) is 0.368. The van der Waals surface area contributed by atoms with Crippen LogP contribution in [0.2, 0.25) is 0 Å². The summed E-state index contributed by atoms with van der Waals surface area (Å²) in [7, 11) is 0. The van der Waals surface area contributed by atoms with E-state index < -0.39 is 4.92 Å². The van der Waals surface area contributed by atoms with E-state index in [4.69, 9.17) is 11.1 Å². The van der Waals surface area contributed by atoms with Crippen molar-refractivity contribution in [2.75, 3.05) is 0 Å². The number of fused-ring (bicyclic) bond motifs is 1. The lowest BCUT2D eigenvalue weighted by Gasteiger charge is -2.00. The smallest absolute Gasteiger partial charge is 0.270 e. The molecule has 0 unspecified atom stereocenters. The van der Waals surface area contributed by atoms with Gasteiger partial charge in [0, 0.05) is 17.5 Å². The monoisotopic (exact) mass is 252 g/mol. The first-order valence-corrected chi connectivity index (χ1v) is 4.47. The zero-order valence-corrected chi connectivity index (χ0v) is 9.40. The molecule has 3 N–H and O–H groups in total. The van der Waals surface area contributed by atoms with Crippen LogP contribution in [0.5, 0.6) is 0 Å². The number of nitrogens with two attached hydrogens (primary N) is 1. The van der Waals surface area contributed by atoms with Gasteiger partial charge < -0.3 is 5.73 Å². The van der Waals surface area contributed by atoms with Gasteiger partial charge in [-0.15, -0.1) is 12.4 Å². The minimum atomic E-state index is -0.460. The van der Waals surface area contributed by atoms with Crippen molar-refractivity contribution in [2.24, 2.45) is 5.73 Å². The average Bonchev–Trinajstić information content (AvgIpc) is 2.27. The zero-order valence-electron chi connectivity index (χ0n) is 8.58.